The van der Waals surface area contributed by atoms with E-state index in [0.717, 1.165) is 17.0 Å². The van der Waals surface area contributed by atoms with Gasteiger partial charge in [-0.25, -0.2) is 9.31 Å². The Morgan fingerprint density at radius 2 is 1.73 bits per heavy atom. The summed E-state index contributed by atoms with van der Waals surface area (Å²) in [7, 11) is 1.65. The summed E-state index contributed by atoms with van der Waals surface area (Å²) in [4.78, 5) is 25.2. The van der Waals surface area contributed by atoms with Crippen molar-refractivity contribution in [3.8, 4) is 17.6 Å². The summed E-state index contributed by atoms with van der Waals surface area (Å²) in [6.45, 7) is 3.92. The highest BCUT2D eigenvalue weighted by Gasteiger charge is 2.20. The number of fused-ring (bicyclic) bond motifs is 1. The highest BCUT2D eigenvalue weighted by atomic mass is 16.5. The molecule has 3 amide bonds. The van der Waals surface area contributed by atoms with Gasteiger partial charge in [-0.15, -0.1) is 0 Å². The van der Waals surface area contributed by atoms with E-state index in [2.05, 4.69) is 27.1 Å². The van der Waals surface area contributed by atoms with Crippen LogP contribution in [0.4, 0.5) is 21.9 Å². The van der Waals surface area contributed by atoms with Gasteiger partial charge in [-0.3, -0.25) is 9.69 Å². The molecule has 10 nitrogen and oxygen atoms in total. The fourth-order valence-corrected chi connectivity index (χ4v) is 3.84. The van der Waals surface area contributed by atoms with Gasteiger partial charge < -0.3 is 20.7 Å². The number of urea groups is 1. The number of amides is 3. The quantitative estimate of drug-likeness (QED) is 0.311. The Hall–Kier alpha value is -5.04. The van der Waals surface area contributed by atoms with E-state index < -0.39 is 0 Å². The minimum Gasteiger partial charge on any atom is -0.457 e. The number of ether oxygens (including phenoxy) is 1. The van der Waals surface area contributed by atoms with Crippen molar-refractivity contribution in [2.24, 2.45) is 0 Å². The molecular formula is C27H27N7O3. The number of nitrogens with one attached hydrogen (secondary N) is 3. The maximum atomic E-state index is 12.7. The van der Waals surface area contributed by atoms with Crippen molar-refractivity contribution in [3.05, 3.63) is 78.1 Å². The molecule has 0 spiro atoms. The van der Waals surface area contributed by atoms with Gasteiger partial charge in [-0.1, -0.05) is 18.2 Å². The van der Waals surface area contributed by atoms with Crippen molar-refractivity contribution < 1.29 is 14.3 Å². The van der Waals surface area contributed by atoms with E-state index in [-0.39, 0.29) is 11.9 Å². The molecule has 2 aromatic carbocycles. The highest BCUT2D eigenvalue weighted by molar-refractivity contribution is 5.96. The first kappa shape index (κ1) is 25.1. The van der Waals surface area contributed by atoms with E-state index in [1.54, 1.807) is 17.8 Å². The lowest BCUT2D eigenvalue weighted by Gasteiger charge is -2.18. The van der Waals surface area contributed by atoms with Crippen molar-refractivity contribution >= 4 is 34.5 Å². The number of benzene rings is 2. The fourth-order valence-electron chi connectivity index (χ4n) is 3.84. The molecule has 0 bridgehead atoms. The molecule has 4 rings (SSSR count). The van der Waals surface area contributed by atoms with Crippen molar-refractivity contribution in [3.63, 3.8) is 0 Å². The second-order valence-electron chi connectivity index (χ2n) is 8.32. The second-order valence-corrected chi connectivity index (χ2v) is 8.32. The number of carbonyl (C=O) groups is 2. The Morgan fingerprint density at radius 1 is 1.05 bits per heavy atom. The molecule has 0 saturated carbocycles. The van der Waals surface area contributed by atoms with E-state index in [1.807, 2.05) is 61.5 Å². The SMILES string of the molecule is CC(=O)NCCNC(=O)N(C)c1cn2ncc(C#N)c(Nc3ccc(Oc4ccccc4)cc3)c2c1C. The normalized spacial score (nSPS) is 10.4. The topological polar surface area (TPSA) is 124 Å². The Balaban J connectivity index is 1.57. The van der Waals surface area contributed by atoms with Crippen LogP contribution in [0.1, 0.15) is 18.1 Å². The van der Waals surface area contributed by atoms with Crippen molar-refractivity contribution in [2.75, 3.05) is 30.4 Å². The molecule has 3 N–H and O–H groups in total. The van der Waals surface area contributed by atoms with Crippen LogP contribution in [0.5, 0.6) is 11.5 Å². The average molecular weight is 498 g/mol. The molecular weight excluding hydrogens is 470 g/mol. The van der Waals surface area contributed by atoms with Gasteiger partial charge in [0.05, 0.1) is 34.8 Å². The first-order valence-corrected chi connectivity index (χ1v) is 11.6. The van der Waals surface area contributed by atoms with Crippen molar-refractivity contribution in [1.82, 2.24) is 20.2 Å². The maximum Gasteiger partial charge on any atom is 0.321 e. The van der Waals surface area contributed by atoms with Crippen LogP contribution in [0.3, 0.4) is 0 Å². The van der Waals surface area contributed by atoms with E-state index in [9.17, 15) is 14.9 Å². The molecule has 37 heavy (non-hydrogen) atoms. The summed E-state index contributed by atoms with van der Waals surface area (Å²) in [6, 6.07) is 18.8. The van der Waals surface area contributed by atoms with E-state index >= 15 is 0 Å². The zero-order valence-corrected chi connectivity index (χ0v) is 20.8. The molecule has 0 fully saturated rings. The van der Waals surface area contributed by atoms with Crippen molar-refractivity contribution in [1.29, 1.82) is 5.26 Å². The lowest BCUT2D eigenvalue weighted by Crippen LogP contribution is -2.41. The van der Waals surface area contributed by atoms with Gasteiger partial charge in [0.25, 0.3) is 0 Å². The van der Waals surface area contributed by atoms with Crippen LogP contribution >= 0.6 is 0 Å². The van der Waals surface area contributed by atoms with Gasteiger partial charge in [0.15, 0.2) is 0 Å². The standard InChI is InChI=1S/C27H27N7O3/c1-18-24(33(3)27(36)30-14-13-29-19(2)35)17-34-26(18)25(20(15-28)16-31-34)32-21-9-11-23(12-10-21)37-22-7-5-4-6-8-22/h4-12,16-17,32H,13-14H2,1-3H3,(H,29,35)(H,30,36). The zero-order chi connectivity index (χ0) is 26.4. The van der Waals surface area contributed by atoms with Gasteiger partial charge in [0.2, 0.25) is 5.91 Å². The van der Waals surface area contributed by atoms with Gasteiger partial charge >= 0.3 is 6.03 Å². The Labute approximate surface area is 214 Å². The Bertz CT molecular complexity index is 1460. The lowest BCUT2D eigenvalue weighted by molar-refractivity contribution is -0.118. The third-order valence-electron chi connectivity index (χ3n) is 5.69. The summed E-state index contributed by atoms with van der Waals surface area (Å²) >= 11 is 0. The first-order valence-electron chi connectivity index (χ1n) is 11.6. The molecule has 10 heteroatoms. The predicted molar refractivity (Wildman–Crippen MR) is 141 cm³/mol. The van der Waals surface area contributed by atoms with Crippen LogP contribution in [0.15, 0.2) is 67.0 Å². The van der Waals surface area contributed by atoms with Gasteiger partial charge in [0.1, 0.15) is 17.6 Å². The van der Waals surface area contributed by atoms with Gasteiger partial charge in [-0.05, 0) is 43.3 Å². The largest absolute Gasteiger partial charge is 0.457 e. The maximum absolute atomic E-state index is 12.7. The molecule has 0 aliphatic rings. The number of anilines is 3. The third-order valence-corrected chi connectivity index (χ3v) is 5.69. The molecule has 2 heterocycles. The van der Waals surface area contributed by atoms with E-state index in [4.69, 9.17) is 4.74 Å². The Morgan fingerprint density at radius 3 is 2.41 bits per heavy atom. The first-order chi connectivity index (χ1) is 17.9. The van der Waals surface area contributed by atoms with Crippen LogP contribution < -0.4 is 25.6 Å². The predicted octanol–water partition coefficient (Wildman–Crippen LogP) is 4.33. The summed E-state index contributed by atoms with van der Waals surface area (Å²) in [5.41, 5.74) is 3.79. The molecule has 0 aliphatic heterocycles. The monoisotopic (exact) mass is 497 g/mol. The number of hydrogen-bond acceptors (Lipinski definition) is 6. The molecule has 2 aromatic heterocycles. The minimum absolute atomic E-state index is 0.158. The summed E-state index contributed by atoms with van der Waals surface area (Å²) in [6.07, 6.45) is 3.22. The van der Waals surface area contributed by atoms with Crippen LogP contribution in [0.25, 0.3) is 5.52 Å². The molecule has 4 aromatic rings. The van der Waals surface area contributed by atoms with Gasteiger partial charge in [0, 0.05) is 38.3 Å². The molecule has 188 valence electrons. The summed E-state index contributed by atoms with van der Waals surface area (Å²) in [5, 5.41) is 22.9. The number of aryl methyl sites for hydroxylation is 1. The highest BCUT2D eigenvalue weighted by Crippen LogP contribution is 2.34. The smallest absolute Gasteiger partial charge is 0.321 e. The molecule has 0 atom stereocenters. The summed E-state index contributed by atoms with van der Waals surface area (Å²) in [5.74, 6) is 1.27. The van der Waals surface area contributed by atoms with Gasteiger partial charge in [-0.2, -0.15) is 10.4 Å². The zero-order valence-electron chi connectivity index (χ0n) is 20.8. The number of para-hydroxylation sites is 1. The summed E-state index contributed by atoms with van der Waals surface area (Å²) < 4.78 is 7.50. The molecule has 0 aliphatic carbocycles. The average Bonchev–Trinajstić information content (AvgIpc) is 3.24. The molecule has 0 saturated heterocycles. The van der Waals surface area contributed by atoms with Crippen molar-refractivity contribution in [2.45, 2.75) is 13.8 Å². The number of aromatic nitrogens is 2. The molecule has 0 unspecified atom stereocenters. The number of rotatable bonds is 8. The number of nitriles is 1. The molecule has 0 radical (unpaired) electrons. The van der Waals surface area contributed by atoms with E-state index in [1.165, 1.54) is 18.0 Å². The number of carbonyl (C=O) groups excluding carboxylic acids is 2. The number of nitrogens with zero attached hydrogens (tertiary/aromatic N) is 4. The fraction of sp³-hybridized carbons (Fsp3) is 0.185. The third kappa shape index (κ3) is 5.79. The van der Waals surface area contributed by atoms with Crippen LogP contribution in [0.2, 0.25) is 0 Å². The Kier molecular flexibility index (Phi) is 7.54. The second kappa shape index (κ2) is 11.1. The van der Waals surface area contributed by atoms with Crippen LogP contribution in [-0.4, -0.2) is 41.7 Å². The van der Waals surface area contributed by atoms with Crippen LogP contribution in [-0.2, 0) is 4.79 Å². The van der Waals surface area contributed by atoms with Crippen LogP contribution in [0, 0.1) is 18.3 Å². The number of hydrogen-bond donors (Lipinski definition) is 3. The van der Waals surface area contributed by atoms with E-state index in [0.29, 0.717) is 41.3 Å². The lowest BCUT2D eigenvalue weighted by atomic mass is 10.1. The minimum atomic E-state index is -0.326.